The van der Waals surface area contributed by atoms with Crippen LogP contribution in [0.25, 0.3) is 20.8 Å². The third-order valence-electron chi connectivity index (χ3n) is 3.80. The highest BCUT2D eigenvalue weighted by molar-refractivity contribution is 7.22. The van der Waals surface area contributed by atoms with Crippen molar-refractivity contribution in [1.29, 1.82) is 0 Å². The van der Waals surface area contributed by atoms with Crippen LogP contribution in [0, 0.1) is 0 Å². The summed E-state index contributed by atoms with van der Waals surface area (Å²) in [6, 6.07) is 5.70. The normalized spacial score (nSPS) is 18.9. The van der Waals surface area contributed by atoms with E-state index in [1.807, 2.05) is 16.8 Å². The number of nitrogens with two attached hydrogens (primary N) is 1. The number of hydrogen-bond donors (Lipinski definition) is 1. The first kappa shape index (κ1) is 14.0. The fourth-order valence-corrected chi connectivity index (χ4v) is 4.13. The number of aromatic nitrogens is 3. The van der Waals surface area contributed by atoms with Crippen LogP contribution in [0.5, 0.6) is 0 Å². The molecule has 0 aliphatic carbocycles. The van der Waals surface area contributed by atoms with Crippen molar-refractivity contribution in [3.8, 4) is 10.6 Å². The summed E-state index contributed by atoms with van der Waals surface area (Å²) in [5.41, 5.74) is 7.62. The molecule has 5 nitrogen and oxygen atoms in total. The van der Waals surface area contributed by atoms with E-state index in [0.29, 0.717) is 10.8 Å². The number of fused-ring (bicyclic) bond motifs is 1. The molecule has 4 heterocycles. The van der Waals surface area contributed by atoms with E-state index in [4.69, 9.17) is 22.1 Å². The molecule has 0 spiro atoms. The molecule has 1 aliphatic rings. The molecule has 0 amide bonds. The quantitative estimate of drug-likeness (QED) is 0.766. The number of anilines is 1. The van der Waals surface area contributed by atoms with Gasteiger partial charge in [-0.1, -0.05) is 11.6 Å². The van der Waals surface area contributed by atoms with Crippen molar-refractivity contribution >= 4 is 39.0 Å². The fourth-order valence-electron chi connectivity index (χ4n) is 2.78. The Kier molecular flexibility index (Phi) is 3.52. The van der Waals surface area contributed by atoms with Crippen LogP contribution in [-0.4, -0.2) is 21.4 Å². The minimum atomic E-state index is 0.0115. The van der Waals surface area contributed by atoms with Gasteiger partial charge in [0.1, 0.15) is 5.82 Å². The molecule has 0 saturated carbocycles. The first-order chi connectivity index (χ1) is 10.7. The van der Waals surface area contributed by atoms with E-state index in [9.17, 15) is 0 Å². The Balaban J connectivity index is 1.79. The van der Waals surface area contributed by atoms with E-state index in [-0.39, 0.29) is 6.23 Å². The highest BCUT2D eigenvalue weighted by Gasteiger charge is 2.21. The van der Waals surface area contributed by atoms with Crippen molar-refractivity contribution < 1.29 is 4.74 Å². The molecule has 0 radical (unpaired) electrons. The van der Waals surface area contributed by atoms with Crippen LogP contribution in [0.4, 0.5) is 5.82 Å². The molecule has 22 heavy (non-hydrogen) atoms. The third-order valence-corrected chi connectivity index (χ3v) is 5.39. The van der Waals surface area contributed by atoms with E-state index in [0.717, 1.165) is 40.2 Å². The van der Waals surface area contributed by atoms with Gasteiger partial charge in [0.05, 0.1) is 25.8 Å². The summed E-state index contributed by atoms with van der Waals surface area (Å²) in [4.78, 5) is 5.42. The van der Waals surface area contributed by atoms with Crippen LogP contribution in [0.3, 0.4) is 0 Å². The average Bonchev–Trinajstić information content (AvgIpc) is 3.13. The number of ether oxygens (including phenoxy) is 1. The third kappa shape index (κ3) is 2.37. The van der Waals surface area contributed by atoms with Crippen LogP contribution < -0.4 is 5.73 Å². The lowest BCUT2D eigenvalue weighted by Gasteiger charge is -2.24. The summed E-state index contributed by atoms with van der Waals surface area (Å²) in [7, 11) is 0. The van der Waals surface area contributed by atoms with Crippen molar-refractivity contribution in [2.24, 2.45) is 0 Å². The molecule has 1 atom stereocenters. The molecule has 0 aromatic carbocycles. The first-order valence-electron chi connectivity index (χ1n) is 7.23. The van der Waals surface area contributed by atoms with Gasteiger partial charge in [-0.15, -0.1) is 11.3 Å². The molecule has 7 heteroatoms. The van der Waals surface area contributed by atoms with Crippen LogP contribution in [-0.2, 0) is 4.74 Å². The second kappa shape index (κ2) is 5.53. The van der Waals surface area contributed by atoms with Crippen LogP contribution in [0.15, 0.2) is 24.4 Å². The van der Waals surface area contributed by atoms with E-state index < -0.39 is 0 Å². The second-order valence-electron chi connectivity index (χ2n) is 5.34. The summed E-state index contributed by atoms with van der Waals surface area (Å²) in [6.45, 7) is 0.792. The molecule has 4 rings (SSSR count). The SMILES string of the molecule is Nc1cc(Cl)c2sc(-c3ccnn3C3CCCCO3)cc2n1. The lowest BCUT2D eigenvalue weighted by atomic mass is 10.2. The average molecular weight is 335 g/mol. The zero-order chi connectivity index (χ0) is 15.1. The summed E-state index contributed by atoms with van der Waals surface area (Å²) in [6.07, 6.45) is 5.10. The van der Waals surface area contributed by atoms with E-state index >= 15 is 0 Å². The molecule has 1 saturated heterocycles. The maximum absolute atomic E-state index is 6.27. The van der Waals surface area contributed by atoms with Gasteiger partial charge in [-0.25, -0.2) is 9.67 Å². The molecule has 114 valence electrons. The fraction of sp³-hybridized carbons (Fsp3) is 0.333. The molecule has 1 fully saturated rings. The standard InChI is InChI=1S/C15H15ClN4OS/c16-9-7-13(17)19-10-8-12(22-15(9)10)11-4-5-18-20(11)14-3-1-2-6-21-14/h4-5,7-8,14H,1-3,6H2,(H2,17,19). The maximum Gasteiger partial charge on any atom is 0.150 e. The molecule has 2 N–H and O–H groups in total. The maximum atomic E-state index is 6.27. The topological polar surface area (TPSA) is 66.0 Å². The van der Waals surface area contributed by atoms with Gasteiger partial charge in [0.2, 0.25) is 0 Å². The molecule has 1 unspecified atom stereocenters. The molecular weight excluding hydrogens is 320 g/mol. The summed E-state index contributed by atoms with van der Waals surface area (Å²) >= 11 is 7.87. The van der Waals surface area contributed by atoms with Crippen molar-refractivity contribution in [2.45, 2.75) is 25.5 Å². The summed E-state index contributed by atoms with van der Waals surface area (Å²) < 4.78 is 8.75. The molecule has 0 bridgehead atoms. The Hall–Kier alpha value is -1.63. The van der Waals surface area contributed by atoms with Crippen LogP contribution >= 0.6 is 22.9 Å². The molecule has 1 aliphatic heterocycles. The van der Waals surface area contributed by atoms with Gasteiger partial charge in [-0.05, 0) is 31.4 Å². The van der Waals surface area contributed by atoms with Gasteiger partial charge in [-0.2, -0.15) is 5.10 Å². The predicted molar refractivity (Wildman–Crippen MR) is 89.1 cm³/mol. The van der Waals surface area contributed by atoms with E-state index in [1.54, 1.807) is 23.6 Å². The largest absolute Gasteiger partial charge is 0.384 e. The predicted octanol–water partition coefficient (Wildman–Crippen LogP) is 4.09. The summed E-state index contributed by atoms with van der Waals surface area (Å²) in [5.74, 6) is 0.436. The number of thiophene rings is 1. The number of hydrogen-bond acceptors (Lipinski definition) is 5. The molecule has 3 aromatic heterocycles. The van der Waals surface area contributed by atoms with Gasteiger partial charge in [0.25, 0.3) is 0 Å². The van der Waals surface area contributed by atoms with Gasteiger partial charge in [-0.3, -0.25) is 0 Å². The first-order valence-corrected chi connectivity index (χ1v) is 8.43. The Morgan fingerprint density at radius 2 is 2.27 bits per heavy atom. The lowest BCUT2D eigenvalue weighted by molar-refractivity contribution is -0.0383. The van der Waals surface area contributed by atoms with E-state index in [2.05, 4.69) is 10.1 Å². The van der Waals surface area contributed by atoms with Crippen LogP contribution in [0.1, 0.15) is 25.5 Å². The van der Waals surface area contributed by atoms with Crippen molar-refractivity contribution in [2.75, 3.05) is 12.3 Å². The minimum absolute atomic E-state index is 0.0115. The highest BCUT2D eigenvalue weighted by Crippen LogP contribution is 2.38. The monoisotopic (exact) mass is 334 g/mol. The zero-order valence-electron chi connectivity index (χ0n) is 11.8. The lowest BCUT2D eigenvalue weighted by Crippen LogP contribution is -2.19. The van der Waals surface area contributed by atoms with Gasteiger partial charge >= 0.3 is 0 Å². The second-order valence-corrected chi connectivity index (χ2v) is 6.80. The number of pyridine rings is 1. The molecular formula is C15H15ClN4OS. The van der Waals surface area contributed by atoms with Crippen molar-refractivity contribution in [3.05, 3.63) is 29.4 Å². The van der Waals surface area contributed by atoms with Crippen molar-refractivity contribution in [1.82, 2.24) is 14.8 Å². The van der Waals surface area contributed by atoms with Gasteiger partial charge < -0.3 is 10.5 Å². The summed E-state index contributed by atoms with van der Waals surface area (Å²) in [5, 5.41) is 5.08. The molecule has 3 aromatic rings. The Labute approximate surface area is 136 Å². The van der Waals surface area contributed by atoms with Crippen LogP contribution in [0.2, 0.25) is 5.02 Å². The number of halogens is 1. The number of nitrogen functional groups attached to an aromatic ring is 1. The number of rotatable bonds is 2. The smallest absolute Gasteiger partial charge is 0.150 e. The van der Waals surface area contributed by atoms with Gasteiger partial charge in [0, 0.05) is 18.9 Å². The Bertz CT molecular complexity index is 822. The minimum Gasteiger partial charge on any atom is -0.384 e. The van der Waals surface area contributed by atoms with Crippen molar-refractivity contribution in [3.63, 3.8) is 0 Å². The Morgan fingerprint density at radius 1 is 1.36 bits per heavy atom. The van der Waals surface area contributed by atoms with E-state index in [1.165, 1.54) is 6.42 Å². The zero-order valence-corrected chi connectivity index (χ0v) is 13.4. The number of nitrogens with zero attached hydrogens (tertiary/aromatic N) is 3. The van der Waals surface area contributed by atoms with Gasteiger partial charge in [0.15, 0.2) is 6.23 Å². The highest BCUT2D eigenvalue weighted by atomic mass is 35.5. The Morgan fingerprint density at radius 3 is 3.09 bits per heavy atom.